The summed E-state index contributed by atoms with van der Waals surface area (Å²) in [6.45, 7) is 11.0. The van der Waals surface area contributed by atoms with Gasteiger partial charge < -0.3 is 4.74 Å². The van der Waals surface area contributed by atoms with Gasteiger partial charge in [-0.25, -0.2) is 0 Å². The van der Waals surface area contributed by atoms with E-state index in [1.54, 1.807) is 0 Å². The van der Waals surface area contributed by atoms with Crippen molar-refractivity contribution in [2.24, 2.45) is 11.8 Å². The van der Waals surface area contributed by atoms with Gasteiger partial charge in [-0.05, 0) is 77.8 Å². The van der Waals surface area contributed by atoms with E-state index in [1.807, 2.05) is 0 Å². The minimum Gasteiger partial charge on any atom is -0.464 e. The molecule has 0 saturated heterocycles. The first kappa shape index (κ1) is 28.1. The Morgan fingerprint density at radius 2 is 1.49 bits per heavy atom. The number of hydrogen-bond acceptors (Lipinski definition) is 4. The number of rotatable bonds is 9. The minimum absolute atomic E-state index is 0.000362. The molecule has 1 aliphatic carbocycles. The van der Waals surface area contributed by atoms with Crippen LogP contribution in [0, 0.1) is 19.0 Å². The van der Waals surface area contributed by atoms with Crippen LogP contribution in [0.4, 0.5) is 0 Å². The number of halogens is 1. The van der Waals surface area contributed by atoms with Crippen molar-refractivity contribution in [3.05, 3.63) is 66.8 Å². The molecule has 35 heavy (non-hydrogen) atoms. The van der Waals surface area contributed by atoms with E-state index in [9.17, 15) is 13.2 Å². The van der Waals surface area contributed by atoms with E-state index < -0.39 is 15.9 Å². The molecule has 2 aromatic carbocycles. The maximum absolute atomic E-state index is 12.3. The Bertz CT molecular complexity index is 1100. The highest BCUT2D eigenvalue weighted by molar-refractivity contribution is 7.85. The summed E-state index contributed by atoms with van der Waals surface area (Å²) in [4.78, 5) is 12.3. The third-order valence-electron chi connectivity index (χ3n) is 6.81. The monoisotopic (exact) mass is 613 g/mol. The van der Waals surface area contributed by atoms with Crippen molar-refractivity contribution in [3.8, 4) is 0 Å². The zero-order valence-corrected chi connectivity index (χ0v) is 24.4. The predicted molar refractivity (Wildman–Crippen MR) is 135 cm³/mol. The first-order chi connectivity index (χ1) is 16.2. The molecule has 0 heterocycles. The number of esters is 1. The Labute approximate surface area is 221 Å². The molecule has 0 aromatic heterocycles. The molecule has 1 aliphatic rings. The Hall–Kier alpha value is -1.45. The maximum atomic E-state index is 12.3. The average molecular weight is 614 g/mol. The summed E-state index contributed by atoms with van der Waals surface area (Å²) in [5.74, 6) is -0.660. The average Bonchev–Trinajstić information content (AvgIpc) is 3.21. The van der Waals surface area contributed by atoms with Gasteiger partial charge in [-0.2, -0.15) is 8.42 Å². The van der Waals surface area contributed by atoms with Gasteiger partial charge in [0.25, 0.3) is 10.1 Å². The molecule has 1 fully saturated rings. The van der Waals surface area contributed by atoms with Crippen molar-refractivity contribution in [3.63, 3.8) is 0 Å². The summed E-state index contributed by atoms with van der Waals surface area (Å²) >= 11 is -0.215. The summed E-state index contributed by atoms with van der Waals surface area (Å²) in [6.07, 6.45) is 3.49. The number of carbonyl (C=O) groups is 1. The second kappa shape index (κ2) is 11.3. The fraction of sp³-hybridized carbons (Fsp3) is 0.536. The molecule has 2 aromatic rings. The Morgan fingerprint density at radius 1 is 0.943 bits per heavy atom. The van der Waals surface area contributed by atoms with E-state index in [2.05, 4.69) is 83.1 Å². The predicted octanol–water partition coefficient (Wildman–Crippen LogP) is 2.63. The third-order valence-corrected chi connectivity index (χ3v) is 10.2. The van der Waals surface area contributed by atoms with Gasteiger partial charge in [0.2, 0.25) is 0 Å². The van der Waals surface area contributed by atoms with E-state index in [4.69, 9.17) is 9.29 Å². The highest BCUT2D eigenvalue weighted by Crippen LogP contribution is 2.40. The summed E-state index contributed by atoms with van der Waals surface area (Å²) in [5, 5.41) is 0. The van der Waals surface area contributed by atoms with Gasteiger partial charge in [-0.3, -0.25) is 9.35 Å². The quantitative estimate of drug-likeness (QED) is 0.267. The smallest absolute Gasteiger partial charge is 0.357 e. The maximum Gasteiger partial charge on any atom is 0.357 e. The van der Waals surface area contributed by atoms with Crippen LogP contribution >= 0.6 is 0 Å². The topological polar surface area (TPSA) is 80.7 Å². The van der Waals surface area contributed by atoms with Crippen molar-refractivity contribution in [2.75, 3.05) is 12.4 Å². The molecule has 2 unspecified atom stereocenters. The van der Waals surface area contributed by atoms with Crippen LogP contribution in [0.3, 0.4) is 0 Å². The van der Waals surface area contributed by atoms with Crippen LogP contribution in [0.1, 0.15) is 71.4 Å². The van der Waals surface area contributed by atoms with E-state index in [0.29, 0.717) is 5.92 Å². The lowest BCUT2D eigenvalue weighted by molar-refractivity contribution is -0.597. The molecule has 192 valence electrons. The molecule has 0 bridgehead atoms. The van der Waals surface area contributed by atoms with Crippen LogP contribution in [0.5, 0.6) is 0 Å². The highest BCUT2D eigenvalue weighted by Gasteiger charge is 2.35. The van der Waals surface area contributed by atoms with Crippen molar-refractivity contribution < 1.29 is 43.7 Å². The van der Waals surface area contributed by atoms with E-state index in [-0.39, 0.29) is 50.5 Å². The minimum atomic E-state index is -4.11. The number of ether oxygens (including phenoxy) is 1. The van der Waals surface area contributed by atoms with Crippen molar-refractivity contribution in [1.29, 1.82) is 0 Å². The first-order valence-corrected chi connectivity index (χ1v) is 16.0. The van der Waals surface area contributed by atoms with Crippen LogP contribution in [0.2, 0.25) is 0 Å². The summed E-state index contributed by atoms with van der Waals surface area (Å²) in [6, 6.07) is 18.1. The second-order valence-electron chi connectivity index (χ2n) is 11.3. The van der Waals surface area contributed by atoms with Crippen LogP contribution in [0.25, 0.3) is 0 Å². The van der Waals surface area contributed by atoms with E-state index >= 15 is 0 Å². The summed E-state index contributed by atoms with van der Waals surface area (Å²) in [5.41, 5.74) is 2.85. The van der Waals surface area contributed by atoms with Gasteiger partial charge in [0, 0.05) is 0 Å². The van der Waals surface area contributed by atoms with Gasteiger partial charge >= 0.3 is 27.2 Å². The fourth-order valence-corrected chi connectivity index (χ4v) is 7.23. The third kappa shape index (κ3) is 8.57. The largest absolute Gasteiger partial charge is 0.464 e. The van der Waals surface area contributed by atoms with Gasteiger partial charge in [0.05, 0.1) is 5.92 Å². The van der Waals surface area contributed by atoms with Crippen LogP contribution in [-0.2, 0) is 30.5 Å². The fourth-order valence-electron chi connectivity index (χ4n) is 4.78. The molecule has 3 rings (SSSR count). The molecule has 0 aliphatic heterocycles. The van der Waals surface area contributed by atoms with E-state index in [0.717, 1.165) is 25.7 Å². The number of carbonyl (C=O) groups excluding carboxylic acids is 1. The zero-order valence-electron chi connectivity index (χ0n) is 21.4. The molecular formula is C28H38IO5S+. The second-order valence-corrected chi connectivity index (χ2v) is 15.9. The van der Waals surface area contributed by atoms with Crippen molar-refractivity contribution in [1.82, 2.24) is 0 Å². The van der Waals surface area contributed by atoms with Gasteiger partial charge in [0.15, 0.2) is 7.14 Å². The van der Waals surface area contributed by atoms with Crippen LogP contribution < -0.4 is 21.2 Å². The Morgan fingerprint density at radius 3 is 2.00 bits per heavy atom. The lowest BCUT2D eigenvalue weighted by Crippen LogP contribution is -3.61. The van der Waals surface area contributed by atoms with Crippen LogP contribution in [-0.4, -0.2) is 31.3 Å². The molecule has 0 amide bonds. The van der Waals surface area contributed by atoms with Gasteiger partial charge in [-0.1, -0.05) is 58.9 Å². The lowest BCUT2D eigenvalue weighted by atomic mass is 9.76. The van der Waals surface area contributed by atoms with Gasteiger partial charge in [-0.15, -0.1) is 0 Å². The first-order valence-electron chi connectivity index (χ1n) is 12.2. The van der Waals surface area contributed by atoms with E-state index in [1.165, 1.54) is 18.3 Å². The zero-order chi connectivity index (χ0) is 25.9. The molecule has 1 N–H and O–H groups in total. The standard InChI is InChI=1S/C28H37IO5S/c1-27(2,3)22-8-12-24(13-9-22)29-25-14-10-23(11-15-25)28(4,5)19-20-6-7-21(18-20)26(30)34-16-17-35(31,32)33/h8-15,20-21H,6-7,16-19H2,1-5H3/p+1. The highest BCUT2D eigenvalue weighted by atomic mass is 127. The molecule has 1 saturated carbocycles. The van der Waals surface area contributed by atoms with Crippen molar-refractivity contribution in [2.45, 2.75) is 71.1 Å². The van der Waals surface area contributed by atoms with Gasteiger partial charge in [0.1, 0.15) is 12.4 Å². The Balaban J connectivity index is 1.53. The lowest BCUT2D eigenvalue weighted by Gasteiger charge is -2.28. The molecule has 5 nitrogen and oxygen atoms in total. The molecule has 0 radical (unpaired) electrons. The van der Waals surface area contributed by atoms with Crippen molar-refractivity contribution >= 4 is 16.1 Å². The number of hydrogen-bond donors (Lipinski definition) is 1. The molecular weight excluding hydrogens is 575 g/mol. The van der Waals surface area contributed by atoms with Crippen LogP contribution in [0.15, 0.2) is 48.5 Å². The molecule has 2 atom stereocenters. The normalized spacial score (nSPS) is 19.0. The summed E-state index contributed by atoms with van der Waals surface area (Å²) in [7, 11) is -4.11. The number of benzene rings is 2. The summed E-state index contributed by atoms with van der Waals surface area (Å²) < 4.78 is 38.3. The molecule has 7 heteroatoms. The SMILES string of the molecule is CC(C)(C)c1ccc([I+]c2ccc(C(C)(C)CC3CCC(C(=O)OCCS(=O)(=O)O)C3)cc2)cc1. The Kier molecular flexibility index (Phi) is 9.08. The molecule has 0 spiro atoms.